The lowest BCUT2D eigenvalue weighted by atomic mass is 10.0. The van der Waals surface area contributed by atoms with Crippen molar-refractivity contribution in [3.8, 4) is 0 Å². The highest BCUT2D eigenvalue weighted by Crippen LogP contribution is 2.31. The Morgan fingerprint density at radius 2 is 2.15 bits per heavy atom. The highest BCUT2D eigenvalue weighted by atomic mass is 32.2. The van der Waals surface area contributed by atoms with Crippen LogP contribution in [0.5, 0.6) is 0 Å². The zero-order valence-corrected chi connectivity index (χ0v) is 12.9. The van der Waals surface area contributed by atoms with Gasteiger partial charge >= 0.3 is 0 Å². The summed E-state index contributed by atoms with van der Waals surface area (Å²) >= 11 is 1.75. The fraction of sp³-hybridized carbons (Fsp3) is 0.600. The quantitative estimate of drug-likeness (QED) is 0.785. The summed E-state index contributed by atoms with van der Waals surface area (Å²) in [7, 11) is 0. The van der Waals surface area contributed by atoms with Crippen molar-refractivity contribution in [2.45, 2.75) is 30.4 Å². The van der Waals surface area contributed by atoms with Gasteiger partial charge in [0, 0.05) is 35.8 Å². The van der Waals surface area contributed by atoms with Crippen molar-refractivity contribution in [2.24, 2.45) is 5.73 Å². The third-order valence-electron chi connectivity index (χ3n) is 3.76. The van der Waals surface area contributed by atoms with Crippen molar-refractivity contribution in [3.05, 3.63) is 23.8 Å². The van der Waals surface area contributed by atoms with Crippen LogP contribution in [0.2, 0.25) is 0 Å². The van der Waals surface area contributed by atoms with Crippen molar-refractivity contribution < 1.29 is 9.84 Å². The molecule has 0 bridgehead atoms. The van der Waals surface area contributed by atoms with Crippen LogP contribution in [0.3, 0.4) is 0 Å². The van der Waals surface area contributed by atoms with Crippen LogP contribution < -0.4 is 10.6 Å². The van der Waals surface area contributed by atoms with Gasteiger partial charge in [0.1, 0.15) is 0 Å². The van der Waals surface area contributed by atoms with E-state index in [1.165, 1.54) is 16.1 Å². The van der Waals surface area contributed by atoms with Crippen LogP contribution >= 0.6 is 11.8 Å². The largest absolute Gasteiger partial charge is 0.394 e. The van der Waals surface area contributed by atoms with E-state index in [1.807, 2.05) is 0 Å². The van der Waals surface area contributed by atoms with E-state index in [9.17, 15) is 0 Å². The summed E-state index contributed by atoms with van der Waals surface area (Å²) in [6, 6.07) is 6.40. The average molecular weight is 296 g/mol. The molecule has 0 spiro atoms. The number of nitrogens with zero attached hydrogens (tertiary/aromatic N) is 1. The summed E-state index contributed by atoms with van der Waals surface area (Å²) in [5, 5.41) is 8.80. The van der Waals surface area contributed by atoms with Crippen molar-refractivity contribution in [3.63, 3.8) is 0 Å². The molecule has 1 heterocycles. The standard InChI is InChI=1S/C15H24N2O2S/c1-20-15-4-2-3-14(13(15)11-16)17-7-5-12(6-8-17)19-10-9-18/h2-4,12,18H,5-11,16H2,1H3. The van der Waals surface area contributed by atoms with Crippen LogP contribution in [0.15, 0.2) is 23.1 Å². The molecule has 0 unspecified atom stereocenters. The van der Waals surface area contributed by atoms with Gasteiger partial charge in [0.15, 0.2) is 0 Å². The third kappa shape index (κ3) is 3.67. The second-order valence-corrected chi connectivity index (χ2v) is 5.79. The summed E-state index contributed by atoms with van der Waals surface area (Å²) in [6.45, 7) is 3.10. The van der Waals surface area contributed by atoms with Crippen LogP contribution in [0, 0.1) is 0 Å². The molecule has 0 aliphatic carbocycles. The number of hydrogen-bond acceptors (Lipinski definition) is 5. The van der Waals surface area contributed by atoms with Crippen molar-refractivity contribution in [1.82, 2.24) is 0 Å². The Balaban J connectivity index is 2.03. The number of aliphatic hydroxyl groups is 1. The fourth-order valence-electron chi connectivity index (χ4n) is 2.73. The summed E-state index contributed by atoms with van der Waals surface area (Å²) in [4.78, 5) is 3.67. The van der Waals surface area contributed by atoms with Gasteiger partial charge in [-0.2, -0.15) is 0 Å². The van der Waals surface area contributed by atoms with E-state index in [-0.39, 0.29) is 12.7 Å². The van der Waals surface area contributed by atoms with Crippen LogP contribution in [0.4, 0.5) is 5.69 Å². The summed E-state index contributed by atoms with van der Waals surface area (Å²) < 4.78 is 5.61. The third-order valence-corrected chi connectivity index (χ3v) is 4.58. The highest BCUT2D eigenvalue weighted by molar-refractivity contribution is 7.98. The molecule has 112 valence electrons. The molecular weight excluding hydrogens is 272 g/mol. The summed E-state index contributed by atoms with van der Waals surface area (Å²) in [5.74, 6) is 0. The van der Waals surface area contributed by atoms with E-state index < -0.39 is 0 Å². The molecule has 1 aliphatic heterocycles. The minimum absolute atomic E-state index is 0.104. The van der Waals surface area contributed by atoms with Gasteiger partial charge in [-0.1, -0.05) is 6.07 Å². The van der Waals surface area contributed by atoms with E-state index in [0.717, 1.165) is 25.9 Å². The minimum atomic E-state index is 0.104. The number of anilines is 1. The number of nitrogens with two attached hydrogens (primary N) is 1. The summed E-state index contributed by atoms with van der Waals surface area (Å²) in [5.41, 5.74) is 8.44. The Labute approximate surface area is 125 Å². The Morgan fingerprint density at radius 1 is 1.40 bits per heavy atom. The molecular formula is C15H24N2O2S. The predicted octanol–water partition coefficient (Wildman–Crippen LogP) is 1.84. The zero-order valence-electron chi connectivity index (χ0n) is 12.0. The van der Waals surface area contributed by atoms with E-state index in [1.54, 1.807) is 11.8 Å². The number of ether oxygens (including phenoxy) is 1. The van der Waals surface area contributed by atoms with E-state index in [2.05, 4.69) is 29.4 Å². The second kappa shape index (κ2) is 7.88. The van der Waals surface area contributed by atoms with Crippen LogP contribution in [0.25, 0.3) is 0 Å². The van der Waals surface area contributed by atoms with E-state index in [0.29, 0.717) is 13.2 Å². The number of aliphatic hydroxyl groups excluding tert-OH is 1. The Bertz CT molecular complexity index is 420. The van der Waals surface area contributed by atoms with E-state index >= 15 is 0 Å². The number of rotatable bonds is 6. The maximum Gasteiger partial charge on any atom is 0.0701 e. The van der Waals surface area contributed by atoms with Gasteiger partial charge < -0.3 is 20.5 Å². The molecule has 2 rings (SSSR count). The van der Waals surface area contributed by atoms with Gasteiger partial charge in [-0.3, -0.25) is 0 Å². The first kappa shape index (κ1) is 15.6. The number of thioether (sulfide) groups is 1. The minimum Gasteiger partial charge on any atom is -0.394 e. The lowest BCUT2D eigenvalue weighted by molar-refractivity contribution is 0.0159. The lowest BCUT2D eigenvalue weighted by Crippen LogP contribution is -2.38. The molecule has 0 amide bonds. The predicted molar refractivity (Wildman–Crippen MR) is 84.4 cm³/mol. The van der Waals surface area contributed by atoms with Gasteiger partial charge in [0.2, 0.25) is 0 Å². The molecule has 1 aliphatic rings. The zero-order chi connectivity index (χ0) is 14.4. The van der Waals surface area contributed by atoms with Gasteiger partial charge in [0.05, 0.1) is 19.3 Å². The van der Waals surface area contributed by atoms with Gasteiger partial charge in [-0.05, 0) is 31.2 Å². The molecule has 5 heteroatoms. The van der Waals surface area contributed by atoms with Gasteiger partial charge in [-0.25, -0.2) is 0 Å². The van der Waals surface area contributed by atoms with Crippen LogP contribution in [0.1, 0.15) is 18.4 Å². The van der Waals surface area contributed by atoms with Crippen molar-refractivity contribution >= 4 is 17.4 Å². The Kier molecular flexibility index (Phi) is 6.16. The van der Waals surface area contributed by atoms with Crippen molar-refractivity contribution in [1.29, 1.82) is 0 Å². The second-order valence-electron chi connectivity index (χ2n) is 4.94. The molecule has 1 saturated heterocycles. The molecule has 0 radical (unpaired) electrons. The first-order valence-corrected chi connectivity index (χ1v) is 8.36. The van der Waals surface area contributed by atoms with Crippen LogP contribution in [-0.4, -0.2) is 43.8 Å². The topological polar surface area (TPSA) is 58.7 Å². The van der Waals surface area contributed by atoms with Gasteiger partial charge in [0.25, 0.3) is 0 Å². The van der Waals surface area contributed by atoms with E-state index in [4.69, 9.17) is 15.6 Å². The number of piperidine rings is 1. The first-order chi connectivity index (χ1) is 9.80. The SMILES string of the molecule is CSc1cccc(N2CCC(OCCO)CC2)c1CN. The molecule has 0 atom stereocenters. The molecule has 1 aromatic carbocycles. The molecule has 0 aromatic heterocycles. The average Bonchev–Trinajstić information content (AvgIpc) is 2.52. The Hall–Kier alpha value is -0.750. The smallest absolute Gasteiger partial charge is 0.0701 e. The monoisotopic (exact) mass is 296 g/mol. The molecule has 1 aromatic rings. The molecule has 3 N–H and O–H groups in total. The van der Waals surface area contributed by atoms with Crippen molar-refractivity contribution in [2.75, 3.05) is 37.5 Å². The maximum absolute atomic E-state index is 8.80. The number of benzene rings is 1. The normalized spacial score (nSPS) is 16.6. The molecule has 0 saturated carbocycles. The Morgan fingerprint density at radius 3 is 2.75 bits per heavy atom. The first-order valence-electron chi connectivity index (χ1n) is 7.13. The highest BCUT2D eigenvalue weighted by Gasteiger charge is 2.21. The maximum atomic E-state index is 8.80. The van der Waals surface area contributed by atoms with Crippen LogP contribution in [-0.2, 0) is 11.3 Å². The fourth-order valence-corrected chi connectivity index (χ4v) is 3.38. The summed E-state index contributed by atoms with van der Waals surface area (Å²) in [6.07, 6.45) is 4.39. The molecule has 1 fully saturated rings. The number of hydrogen-bond donors (Lipinski definition) is 2. The van der Waals surface area contributed by atoms with Gasteiger partial charge in [-0.15, -0.1) is 11.8 Å². The molecule has 4 nitrogen and oxygen atoms in total. The molecule has 20 heavy (non-hydrogen) atoms. The lowest BCUT2D eigenvalue weighted by Gasteiger charge is -2.35.